The highest BCUT2D eigenvalue weighted by Crippen LogP contribution is 2.27. The largest absolute Gasteiger partial charge is 0.298 e. The molecule has 0 bridgehead atoms. The van der Waals surface area contributed by atoms with Gasteiger partial charge in [0.2, 0.25) is 0 Å². The van der Waals surface area contributed by atoms with Gasteiger partial charge in [0.1, 0.15) is 0 Å². The first-order chi connectivity index (χ1) is 7.43. The number of thioether (sulfide) groups is 1. The van der Waals surface area contributed by atoms with Crippen LogP contribution in [0.5, 0.6) is 0 Å². The van der Waals surface area contributed by atoms with Gasteiger partial charge in [0.25, 0.3) is 0 Å². The highest BCUT2D eigenvalue weighted by Gasteiger charge is 2.32. The molecule has 0 aromatic carbocycles. The van der Waals surface area contributed by atoms with Crippen LogP contribution in [0.25, 0.3) is 0 Å². The zero-order chi connectivity index (χ0) is 10.1. The summed E-state index contributed by atoms with van der Waals surface area (Å²) in [6.45, 7) is 5.41. The van der Waals surface area contributed by atoms with E-state index in [1.807, 2.05) is 0 Å². The van der Waals surface area contributed by atoms with Crippen LogP contribution in [0.15, 0.2) is 0 Å². The van der Waals surface area contributed by atoms with Gasteiger partial charge in [-0.25, -0.2) is 0 Å². The van der Waals surface area contributed by atoms with E-state index in [4.69, 9.17) is 0 Å². The fourth-order valence-electron chi connectivity index (χ4n) is 3.32. The average Bonchev–Trinajstić information content (AvgIpc) is 2.82. The quantitative estimate of drug-likeness (QED) is 0.671. The molecule has 0 aliphatic carbocycles. The van der Waals surface area contributed by atoms with Gasteiger partial charge in [0.05, 0.1) is 0 Å². The van der Waals surface area contributed by atoms with Crippen LogP contribution in [0.3, 0.4) is 0 Å². The van der Waals surface area contributed by atoms with Gasteiger partial charge in [-0.2, -0.15) is 11.8 Å². The molecule has 3 aliphatic rings. The zero-order valence-corrected chi connectivity index (χ0v) is 10.3. The Labute approximate surface area is 97.4 Å². The number of hydrogen-bond donors (Lipinski definition) is 0. The molecule has 0 aromatic heterocycles. The molecular weight excluding hydrogens is 204 g/mol. The molecule has 2 unspecified atom stereocenters. The molecule has 86 valence electrons. The lowest BCUT2D eigenvalue weighted by Crippen LogP contribution is -2.57. The first kappa shape index (κ1) is 10.4. The smallest absolute Gasteiger partial charge is 0.0223 e. The second-order valence-electron chi connectivity index (χ2n) is 5.20. The lowest BCUT2D eigenvalue weighted by atomic mass is 9.98. The van der Waals surface area contributed by atoms with E-state index in [0.717, 1.165) is 12.1 Å². The van der Waals surface area contributed by atoms with E-state index in [1.165, 1.54) is 63.4 Å². The third-order valence-corrected chi connectivity index (χ3v) is 5.44. The van der Waals surface area contributed by atoms with Crippen molar-refractivity contribution in [2.24, 2.45) is 0 Å². The SMILES string of the molecule is C1CCN2CCN(C3CCSC3)CC2C1. The molecule has 3 aliphatic heterocycles. The molecule has 0 radical (unpaired) electrons. The van der Waals surface area contributed by atoms with Gasteiger partial charge in [0, 0.05) is 37.5 Å². The molecular formula is C12H22N2S. The Morgan fingerprint density at radius 3 is 2.67 bits per heavy atom. The first-order valence-electron chi connectivity index (χ1n) is 6.49. The van der Waals surface area contributed by atoms with Gasteiger partial charge >= 0.3 is 0 Å². The van der Waals surface area contributed by atoms with Crippen LogP contribution in [0.2, 0.25) is 0 Å². The highest BCUT2D eigenvalue weighted by atomic mass is 32.2. The van der Waals surface area contributed by atoms with Crippen molar-refractivity contribution >= 4 is 11.8 Å². The van der Waals surface area contributed by atoms with Gasteiger partial charge in [-0.05, 0) is 31.6 Å². The molecule has 0 aromatic rings. The summed E-state index contributed by atoms with van der Waals surface area (Å²) in [6.07, 6.45) is 5.80. The van der Waals surface area contributed by atoms with Crippen LogP contribution in [0, 0.1) is 0 Å². The number of nitrogens with zero attached hydrogens (tertiary/aromatic N) is 2. The first-order valence-corrected chi connectivity index (χ1v) is 7.65. The van der Waals surface area contributed by atoms with Crippen LogP contribution in [-0.2, 0) is 0 Å². The minimum Gasteiger partial charge on any atom is -0.298 e. The molecule has 0 N–H and O–H groups in total. The average molecular weight is 226 g/mol. The minimum atomic E-state index is 0.901. The van der Waals surface area contributed by atoms with Crippen molar-refractivity contribution in [3.8, 4) is 0 Å². The number of hydrogen-bond acceptors (Lipinski definition) is 3. The van der Waals surface area contributed by atoms with Crippen molar-refractivity contribution in [1.82, 2.24) is 9.80 Å². The topological polar surface area (TPSA) is 6.48 Å². The number of rotatable bonds is 1. The van der Waals surface area contributed by atoms with Crippen LogP contribution in [-0.4, -0.2) is 59.6 Å². The Morgan fingerprint density at radius 2 is 1.80 bits per heavy atom. The Hall–Kier alpha value is 0.270. The summed E-state index contributed by atoms with van der Waals surface area (Å²) >= 11 is 2.15. The summed E-state index contributed by atoms with van der Waals surface area (Å²) in [4.78, 5) is 5.52. The van der Waals surface area contributed by atoms with E-state index in [2.05, 4.69) is 21.6 Å². The van der Waals surface area contributed by atoms with Crippen molar-refractivity contribution in [2.75, 3.05) is 37.7 Å². The highest BCUT2D eigenvalue weighted by molar-refractivity contribution is 7.99. The lowest BCUT2D eigenvalue weighted by molar-refractivity contribution is 0.0327. The van der Waals surface area contributed by atoms with E-state index in [1.54, 1.807) is 0 Å². The van der Waals surface area contributed by atoms with Crippen molar-refractivity contribution in [1.29, 1.82) is 0 Å². The molecule has 0 amide bonds. The van der Waals surface area contributed by atoms with E-state index >= 15 is 0 Å². The number of fused-ring (bicyclic) bond motifs is 1. The van der Waals surface area contributed by atoms with Crippen LogP contribution in [0.1, 0.15) is 25.7 Å². The normalized spacial score (nSPS) is 39.2. The summed E-state index contributed by atoms with van der Waals surface area (Å²) in [7, 11) is 0. The molecule has 2 atom stereocenters. The second-order valence-corrected chi connectivity index (χ2v) is 6.35. The molecule has 3 rings (SSSR count). The predicted octanol–water partition coefficient (Wildman–Crippen LogP) is 1.66. The fourth-order valence-corrected chi connectivity index (χ4v) is 4.58. The molecule has 3 heteroatoms. The maximum Gasteiger partial charge on any atom is 0.0223 e. The third-order valence-electron chi connectivity index (χ3n) is 4.29. The molecule has 3 saturated heterocycles. The standard InChI is InChI=1S/C12H22N2S/c1-2-5-13-6-7-14(9-11(13)3-1)12-4-8-15-10-12/h11-12H,1-10H2. The summed E-state index contributed by atoms with van der Waals surface area (Å²) in [5.41, 5.74) is 0. The summed E-state index contributed by atoms with van der Waals surface area (Å²) < 4.78 is 0. The molecule has 0 saturated carbocycles. The fraction of sp³-hybridized carbons (Fsp3) is 1.00. The predicted molar refractivity (Wildman–Crippen MR) is 66.5 cm³/mol. The molecule has 0 spiro atoms. The molecule has 3 fully saturated rings. The Morgan fingerprint density at radius 1 is 0.867 bits per heavy atom. The van der Waals surface area contributed by atoms with E-state index < -0.39 is 0 Å². The van der Waals surface area contributed by atoms with E-state index in [-0.39, 0.29) is 0 Å². The van der Waals surface area contributed by atoms with Crippen LogP contribution >= 0.6 is 11.8 Å². The van der Waals surface area contributed by atoms with Crippen molar-refractivity contribution < 1.29 is 0 Å². The van der Waals surface area contributed by atoms with Crippen molar-refractivity contribution in [2.45, 2.75) is 37.8 Å². The van der Waals surface area contributed by atoms with Crippen LogP contribution in [0.4, 0.5) is 0 Å². The lowest BCUT2D eigenvalue weighted by Gasteiger charge is -2.45. The van der Waals surface area contributed by atoms with Gasteiger partial charge in [-0.15, -0.1) is 0 Å². The van der Waals surface area contributed by atoms with Crippen LogP contribution < -0.4 is 0 Å². The number of piperazine rings is 1. The van der Waals surface area contributed by atoms with E-state index in [0.29, 0.717) is 0 Å². The van der Waals surface area contributed by atoms with Gasteiger partial charge in [-0.3, -0.25) is 9.80 Å². The maximum absolute atomic E-state index is 2.78. The van der Waals surface area contributed by atoms with Crippen molar-refractivity contribution in [3.05, 3.63) is 0 Å². The molecule has 15 heavy (non-hydrogen) atoms. The molecule has 3 heterocycles. The Balaban J connectivity index is 1.59. The Kier molecular flexibility index (Phi) is 3.23. The van der Waals surface area contributed by atoms with E-state index in [9.17, 15) is 0 Å². The summed E-state index contributed by atoms with van der Waals surface area (Å²) in [6, 6.07) is 1.82. The third kappa shape index (κ3) is 2.20. The summed E-state index contributed by atoms with van der Waals surface area (Å²) in [5, 5.41) is 0. The maximum atomic E-state index is 2.78. The van der Waals surface area contributed by atoms with Gasteiger partial charge < -0.3 is 0 Å². The second kappa shape index (κ2) is 4.64. The Bertz CT molecular complexity index is 216. The minimum absolute atomic E-state index is 0.901. The molecule has 2 nitrogen and oxygen atoms in total. The summed E-state index contributed by atoms with van der Waals surface area (Å²) in [5.74, 6) is 2.79. The zero-order valence-electron chi connectivity index (χ0n) is 9.53. The van der Waals surface area contributed by atoms with Crippen molar-refractivity contribution in [3.63, 3.8) is 0 Å². The van der Waals surface area contributed by atoms with Gasteiger partial charge in [0.15, 0.2) is 0 Å². The number of piperidine rings is 1. The van der Waals surface area contributed by atoms with Gasteiger partial charge in [-0.1, -0.05) is 6.42 Å². The monoisotopic (exact) mass is 226 g/mol.